The number of ether oxygens (including phenoxy) is 2. The summed E-state index contributed by atoms with van der Waals surface area (Å²) in [7, 11) is 1.62. The summed E-state index contributed by atoms with van der Waals surface area (Å²) in [5.41, 5.74) is 4.39. The lowest BCUT2D eigenvalue weighted by atomic mass is 10.1. The largest absolute Gasteiger partial charge is 0.497 e. The van der Waals surface area contributed by atoms with Gasteiger partial charge >= 0.3 is 0 Å². The number of carbonyl (C=O) groups is 1. The quantitative estimate of drug-likeness (QED) is 0.486. The summed E-state index contributed by atoms with van der Waals surface area (Å²) in [6.07, 6.45) is 1.13. The average molecular weight is 413 g/mol. The van der Waals surface area contributed by atoms with Crippen LogP contribution in [0.25, 0.3) is 22.3 Å². The van der Waals surface area contributed by atoms with E-state index < -0.39 is 6.10 Å². The Morgan fingerprint density at radius 2 is 1.74 bits per heavy atom. The van der Waals surface area contributed by atoms with Crippen molar-refractivity contribution in [3.05, 3.63) is 84.6 Å². The SMILES string of the molecule is COc1cccc(CNC(=O)[C@@H](C)Oc2ccc(-c3cnc4ccccc4n3)cc2)c1. The maximum Gasteiger partial charge on any atom is 0.261 e. The van der Waals surface area contributed by atoms with Crippen LogP contribution in [0.1, 0.15) is 12.5 Å². The molecule has 0 saturated heterocycles. The number of hydrogen-bond acceptors (Lipinski definition) is 5. The van der Waals surface area contributed by atoms with Crippen LogP contribution < -0.4 is 14.8 Å². The highest BCUT2D eigenvalue weighted by Crippen LogP contribution is 2.22. The normalized spacial score (nSPS) is 11.7. The predicted molar refractivity (Wildman–Crippen MR) is 120 cm³/mol. The number of carbonyl (C=O) groups excluding carboxylic acids is 1. The van der Waals surface area contributed by atoms with Crippen LogP contribution in [-0.2, 0) is 11.3 Å². The molecule has 0 fully saturated rings. The molecule has 1 aromatic heterocycles. The number of rotatable bonds is 7. The van der Waals surface area contributed by atoms with Gasteiger partial charge in [0.25, 0.3) is 5.91 Å². The van der Waals surface area contributed by atoms with Crippen molar-refractivity contribution in [2.75, 3.05) is 7.11 Å². The molecule has 4 aromatic rings. The van der Waals surface area contributed by atoms with Crippen LogP contribution in [-0.4, -0.2) is 29.1 Å². The van der Waals surface area contributed by atoms with Crippen molar-refractivity contribution in [1.82, 2.24) is 15.3 Å². The fourth-order valence-corrected chi connectivity index (χ4v) is 3.17. The molecule has 1 amide bonds. The lowest BCUT2D eigenvalue weighted by Crippen LogP contribution is -2.35. The summed E-state index contributed by atoms with van der Waals surface area (Å²) in [4.78, 5) is 21.5. The summed E-state index contributed by atoms with van der Waals surface area (Å²) in [5, 5.41) is 2.89. The molecule has 4 rings (SSSR count). The van der Waals surface area contributed by atoms with Crippen LogP contribution >= 0.6 is 0 Å². The third-order valence-corrected chi connectivity index (χ3v) is 4.88. The maximum atomic E-state index is 12.4. The van der Waals surface area contributed by atoms with Crippen LogP contribution in [0.5, 0.6) is 11.5 Å². The number of amides is 1. The second-order valence-electron chi connectivity index (χ2n) is 7.10. The lowest BCUT2D eigenvalue weighted by Gasteiger charge is -2.15. The van der Waals surface area contributed by atoms with Gasteiger partial charge in [-0.2, -0.15) is 0 Å². The smallest absolute Gasteiger partial charge is 0.261 e. The molecule has 0 aliphatic carbocycles. The number of nitrogens with zero attached hydrogens (tertiary/aromatic N) is 2. The van der Waals surface area contributed by atoms with E-state index in [4.69, 9.17) is 9.47 Å². The van der Waals surface area contributed by atoms with Crippen LogP contribution in [0.4, 0.5) is 0 Å². The maximum absolute atomic E-state index is 12.4. The van der Waals surface area contributed by atoms with Crippen LogP contribution in [0.3, 0.4) is 0 Å². The van der Waals surface area contributed by atoms with Gasteiger partial charge in [0.05, 0.1) is 30.0 Å². The summed E-state index contributed by atoms with van der Waals surface area (Å²) >= 11 is 0. The van der Waals surface area contributed by atoms with E-state index >= 15 is 0 Å². The fourth-order valence-electron chi connectivity index (χ4n) is 3.17. The molecule has 1 atom stereocenters. The molecular weight excluding hydrogens is 390 g/mol. The Hall–Kier alpha value is -3.93. The van der Waals surface area contributed by atoms with Gasteiger partial charge in [-0.1, -0.05) is 24.3 Å². The fraction of sp³-hybridized carbons (Fsp3) is 0.160. The molecule has 0 unspecified atom stereocenters. The van der Waals surface area contributed by atoms with E-state index in [1.54, 1.807) is 20.2 Å². The molecule has 0 aliphatic heterocycles. The van der Waals surface area contributed by atoms with Gasteiger partial charge in [0.1, 0.15) is 11.5 Å². The zero-order chi connectivity index (χ0) is 21.6. The van der Waals surface area contributed by atoms with E-state index in [1.807, 2.05) is 72.8 Å². The molecule has 31 heavy (non-hydrogen) atoms. The van der Waals surface area contributed by atoms with E-state index in [9.17, 15) is 4.79 Å². The summed E-state index contributed by atoms with van der Waals surface area (Å²) < 4.78 is 11.0. The first-order valence-electron chi connectivity index (χ1n) is 10.0. The van der Waals surface area contributed by atoms with Gasteiger partial charge in [0, 0.05) is 12.1 Å². The van der Waals surface area contributed by atoms with Gasteiger partial charge in [0.2, 0.25) is 0 Å². The van der Waals surface area contributed by atoms with Gasteiger partial charge in [-0.05, 0) is 61.0 Å². The molecule has 0 spiro atoms. The Morgan fingerprint density at radius 3 is 2.52 bits per heavy atom. The number of benzene rings is 3. The van der Waals surface area contributed by atoms with Crippen molar-refractivity contribution >= 4 is 16.9 Å². The number of aromatic nitrogens is 2. The van der Waals surface area contributed by atoms with Crippen LogP contribution in [0.15, 0.2) is 79.0 Å². The molecule has 0 aliphatic rings. The molecule has 6 heteroatoms. The highest BCUT2D eigenvalue weighted by Gasteiger charge is 2.14. The third kappa shape index (κ3) is 4.98. The first kappa shape index (κ1) is 20.3. The lowest BCUT2D eigenvalue weighted by molar-refractivity contribution is -0.127. The van der Waals surface area contributed by atoms with E-state index in [1.165, 1.54) is 0 Å². The molecule has 6 nitrogen and oxygen atoms in total. The highest BCUT2D eigenvalue weighted by atomic mass is 16.5. The Bertz CT molecular complexity index is 1190. The summed E-state index contributed by atoms with van der Waals surface area (Å²) in [5.74, 6) is 1.18. The molecule has 0 saturated carbocycles. The van der Waals surface area contributed by atoms with Crippen molar-refractivity contribution in [3.63, 3.8) is 0 Å². The second-order valence-corrected chi connectivity index (χ2v) is 7.10. The standard InChI is InChI=1S/C25H23N3O3/c1-17(25(29)27-15-18-6-5-7-21(14-18)30-2)31-20-12-10-19(11-13-20)24-16-26-22-8-3-4-9-23(22)28-24/h3-14,16-17H,15H2,1-2H3,(H,27,29)/t17-/m1/s1. The van der Waals surface area contributed by atoms with Crippen molar-refractivity contribution in [3.8, 4) is 22.8 Å². The van der Waals surface area contributed by atoms with Gasteiger partial charge in [-0.3, -0.25) is 9.78 Å². The van der Waals surface area contributed by atoms with Crippen molar-refractivity contribution in [2.24, 2.45) is 0 Å². The number of hydrogen-bond donors (Lipinski definition) is 1. The van der Waals surface area contributed by atoms with Crippen LogP contribution in [0, 0.1) is 0 Å². The van der Waals surface area contributed by atoms with Crippen molar-refractivity contribution < 1.29 is 14.3 Å². The number of para-hydroxylation sites is 2. The molecule has 156 valence electrons. The first-order chi connectivity index (χ1) is 15.1. The number of nitrogens with one attached hydrogen (secondary N) is 1. The highest BCUT2D eigenvalue weighted by molar-refractivity contribution is 5.80. The monoisotopic (exact) mass is 413 g/mol. The predicted octanol–water partition coefficient (Wildman–Crippen LogP) is 4.39. The Kier molecular flexibility index (Phi) is 6.08. The Labute approximate surface area is 180 Å². The number of methoxy groups -OCH3 is 1. The Morgan fingerprint density at radius 1 is 0.968 bits per heavy atom. The van der Waals surface area contributed by atoms with Crippen LogP contribution in [0.2, 0.25) is 0 Å². The molecular formula is C25H23N3O3. The van der Waals surface area contributed by atoms with E-state index in [-0.39, 0.29) is 5.91 Å². The van der Waals surface area contributed by atoms with Gasteiger partial charge in [-0.25, -0.2) is 4.98 Å². The minimum atomic E-state index is -0.628. The summed E-state index contributed by atoms with van der Waals surface area (Å²) in [6.45, 7) is 2.13. The number of fused-ring (bicyclic) bond motifs is 1. The van der Waals surface area contributed by atoms with Crippen molar-refractivity contribution in [2.45, 2.75) is 19.6 Å². The molecule has 3 aromatic carbocycles. The molecule has 0 radical (unpaired) electrons. The summed E-state index contributed by atoms with van der Waals surface area (Å²) in [6, 6.07) is 22.8. The topological polar surface area (TPSA) is 73.3 Å². The van der Waals surface area contributed by atoms with Crippen molar-refractivity contribution in [1.29, 1.82) is 0 Å². The van der Waals surface area contributed by atoms with E-state index in [0.29, 0.717) is 12.3 Å². The second kappa shape index (κ2) is 9.26. The van der Waals surface area contributed by atoms with E-state index in [2.05, 4.69) is 15.3 Å². The zero-order valence-corrected chi connectivity index (χ0v) is 17.4. The van der Waals surface area contributed by atoms with E-state index in [0.717, 1.165) is 33.6 Å². The molecule has 1 heterocycles. The minimum Gasteiger partial charge on any atom is -0.497 e. The minimum absolute atomic E-state index is 0.188. The first-order valence-corrected chi connectivity index (χ1v) is 10.0. The molecule has 0 bridgehead atoms. The van der Waals surface area contributed by atoms with Gasteiger partial charge in [0.15, 0.2) is 6.10 Å². The van der Waals surface area contributed by atoms with Gasteiger partial charge in [-0.15, -0.1) is 0 Å². The molecule has 1 N–H and O–H groups in total. The third-order valence-electron chi connectivity index (χ3n) is 4.88. The Balaban J connectivity index is 1.36. The zero-order valence-electron chi connectivity index (χ0n) is 17.4. The average Bonchev–Trinajstić information content (AvgIpc) is 2.82. The van der Waals surface area contributed by atoms with Gasteiger partial charge < -0.3 is 14.8 Å².